The fourth-order valence-corrected chi connectivity index (χ4v) is 3.37. The summed E-state index contributed by atoms with van der Waals surface area (Å²) < 4.78 is 5.94. The smallest absolute Gasteiger partial charge is 0.126 e. The van der Waals surface area contributed by atoms with Crippen molar-refractivity contribution in [3.8, 4) is 5.75 Å². The van der Waals surface area contributed by atoms with Gasteiger partial charge in [-0.3, -0.25) is 0 Å². The van der Waals surface area contributed by atoms with Gasteiger partial charge in [0.25, 0.3) is 0 Å². The molecule has 1 saturated carbocycles. The maximum absolute atomic E-state index is 6.07. The van der Waals surface area contributed by atoms with Crippen LogP contribution >= 0.6 is 0 Å². The zero-order valence-corrected chi connectivity index (χ0v) is 12.5. The van der Waals surface area contributed by atoms with Crippen LogP contribution < -0.4 is 10.5 Å². The van der Waals surface area contributed by atoms with Crippen LogP contribution in [-0.2, 0) is 19.3 Å². The second-order valence-electron chi connectivity index (χ2n) is 6.11. The molecule has 1 heterocycles. The molecule has 1 aromatic carbocycles. The summed E-state index contributed by atoms with van der Waals surface area (Å²) in [7, 11) is 0. The molecule has 2 heteroatoms. The van der Waals surface area contributed by atoms with Crippen molar-refractivity contribution in [3.63, 3.8) is 0 Å². The Morgan fingerprint density at radius 2 is 2.30 bits per heavy atom. The van der Waals surface area contributed by atoms with Crippen molar-refractivity contribution in [2.75, 3.05) is 6.61 Å². The molecule has 0 aromatic heterocycles. The number of nitrogens with two attached hydrogens (primary N) is 1. The summed E-state index contributed by atoms with van der Waals surface area (Å²) in [5, 5.41) is 0. The molecule has 2 nitrogen and oxygen atoms in total. The fraction of sp³-hybridized carbons (Fsp3) is 0.556. The first-order valence-corrected chi connectivity index (χ1v) is 7.93. The molecule has 2 aliphatic rings. The third-order valence-electron chi connectivity index (χ3n) is 4.60. The standard InChI is InChI=1S/C18H25NO/c1-3-5-7-12-10-16(15-11-17(15)19)18-14(8-9-20-18)13(12)6-4-2/h4,10,15,17H,2-3,5-9,11,19H2,1H3. The van der Waals surface area contributed by atoms with Crippen LogP contribution in [0.2, 0.25) is 0 Å². The van der Waals surface area contributed by atoms with Gasteiger partial charge in [0, 0.05) is 23.9 Å². The van der Waals surface area contributed by atoms with Gasteiger partial charge in [-0.1, -0.05) is 25.5 Å². The van der Waals surface area contributed by atoms with Crippen molar-refractivity contribution < 1.29 is 4.74 Å². The van der Waals surface area contributed by atoms with Crippen molar-refractivity contribution in [2.24, 2.45) is 5.73 Å². The Balaban J connectivity index is 2.04. The Labute approximate surface area is 122 Å². The molecule has 3 rings (SSSR count). The van der Waals surface area contributed by atoms with Gasteiger partial charge in [0.2, 0.25) is 0 Å². The zero-order valence-electron chi connectivity index (χ0n) is 12.5. The van der Waals surface area contributed by atoms with Gasteiger partial charge in [-0.25, -0.2) is 0 Å². The molecule has 1 aliphatic carbocycles. The highest BCUT2D eigenvalue weighted by Gasteiger charge is 2.39. The highest BCUT2D eigenvalue weighted by molar-refractivity contribution is 5.56. The Bertz CT molecular complexity index is 521. The molecule has 2 N–H and O–H groups in total. The summed E-state index contributed by atoms with van der Waals surface area (Å²) in [5.41, 5.74) is 11.9. The van der Waals surface area contributed by atoms with E-state index in [1.54, 1.807) is 0 Å². The molecule has 108 valence electrons. The number of fused-ring (bicyclic) bond motifs is 1. The number of rotatable bonds is 6. The highest BCUT2D eigenvalue weighted by Crippen LogP contribution is 2.48. The Morgan fingerprint density at radius 1 is 1.50 bits per heavy atom. The van der Waals surface area contributed by atoms with E-state index in [0.717, 1.165) is 31.6 Å². The number of unbranched alkanes of at least 4 members (excludes halogenated alkanes) is 1. The van der Waals surface area contributed by atoms with Gasteiger partial charge >= 0.3 is 0 Å². The second kappa shape index (κ2) is 5.61. The van der Waals surface area contributed by atoms with Gasteiger partial charge in [-0.15, -0.1) is 6.58 Å². The van der Waals surface area contributed by atoms with Gasteiger partial charge in [-0.2, -0.15) is 0 Å². The Morgan fingerprint density at radius 3 is 2.95 bits per heavy atom. The minimum absolute atomic E-state index is 0.340. The predicted octanol–water partition coefficient (Wildman–Crippen LogP) is 3.51. The Hall–Kier alpha value is -1.28. The summed E-state index contributed by atoms with van der Waals surface area (Å²) in [6, 6.07) is 2.73. The van der Waals surface area contributed by atoms with E-state index in [4.69, 9.17) is 10.5 Å². The molecule has 1 aliphatic heterocycles. The lowest BCUT2D eigenvalue weighted by Gasteiger charge is -2.16. The first kappa shape index (κ1) is 13.7. The summed E-state index contributed by atoms with van der Waals surface area (Å²) in [4.78, 5) is 0. The molecule has 1 aromatic rings. The third kappa shape index (κ3) is 2.37. The van der Waals surface area contributed by atoms with Crippen LogP contribution in [0.15, 0.2) is 18.7 Å². The van der Waals surface area contributed by atoms with Gasteiger partial charge in [-0.05, 0) is 42.4 Å². The van der Waals surface area contributed by atoms with Crippen molar-refractivity contribution in [1.29, 1.82) is 0 Å². The number of hydrogen-bond donors (Lipinski definition) is 1. The van der Waals surface area contributed by atoms with E-state index in [0.29, 0.717) is 12.0 Å². The van der Waals surface area contributed by atoms with E-state index in [1.165, 1.54) is 41.5 Å². The van der Waals surface area contributed by atoms with Gasteiger partial charge in [0.15, 0.2) is 0 Å². The van der Waals surface area contributed by atoms with E-state index in [-0.39, 0.29) is 0 Å². The zero-order chi connectivity index (χ0) is 14.1. The van der Waals surface area contributed by atoms with Gasteiger partial charge < -0.3 is 10.5 Å². The van der Waals surface area contributed by atoms with Crippen LogP contribution in [0.5, 0.6) is 5.75 Å². The summed E-state index contributed by atoms with van der Waals surface area (Å²) in [6.45, 7) is 7.00. The van der Waals surface area contributed by atoms with Crippen molar-refractivity contribution >= 4 is 0 Å². The molecule has 0 spiro atoms. The van der Waals surface area contributed by atoms with Gasteiger partial charge in [0.1, 0.15) is 5.75 Å². The summed E-state index contributed by atoms with van der Waals surface area (Å²) in [5.74, 6) is 1.68. The lowest BCUT2D eigenvalue weighted by Crippen LogP contribution is -2.05. The maximum atomic E-state index is 6.07. The number of allylic oxidation sites excluding steroid dienone is 1. The third-order valence-corrected chi connectivity index (χ3v) is 4.60. The van der Waals surface area contributed by atoms with Crippen LogP contribution in [-0.4, -0.2) is 12.6 Å². The molecule has 0 saturated heterocycles. The monoisotopic (exact) mass is 271 g/mol. The number of hydrogen-bond acceptors (Lipinski definition) is 2. The lowest BCUT2D eigenvalue weighted by atomic mass is 9.89. The minimum atomic E-state index is 0.340. The van der Waals surface area contributed by atoms with Crippen LogP contribution in [0, 0.1) is 0 Å². The lowest BCUT2D eigenvalue weighted by molar-refractivity contribution is 0.353. The SMILES string of the molecule is C=CCc1c(CCCC)cc(C2CC2N)c2c1CCO2. The quantitative estimate of drug-likeness (QED) is 0.804. The van der Waals surface area contributed by atoms with Crippen molar-refractivity contribution in [2.45, 2.75) is 57.4 Å². The molecular weight excluding hydrogens is 246 g/mol. The number of benzene rings is 1. The molecule has 20 heavy (non-hydrogen) atoms. The first-order chi connectivity index (χ1) is 9.76. The fourth-order valence-electron chi connectivity index (χ4n) is 3.37. The van der Waals surface area contributed by atoms with Crippen molar-refractivity contribution in [3.05, 3.63) is 41.0 Å². The van der Waals surface area contributed by atoms with E-state index >= 15 is 0 Å². The second-order valence-corrected chi connectivity index (χ2v) is 6.11. The van der Waals surface area contributed by atoms with Crippen LogP contribution in [0.4, 0.5) is 0 Å². The van der Waals surface area contributed by atoms with Crippen LogP contribution in [0.25, 0.3) is 0 Å². The molecule has 2 unspecified atom stereocenters. The van der Waals surface area contributed by atoms with Crippen molar-refractivity contribution in [1.82, 2.24) is 0 Å². The average molecular weight is 271 g/mol. The molecular formula is C18H25NO. The normalized spacial score (nSPS) is 23.3. The number of ether oxygens (including phenoxy) is 1. The average Bonchev–Trinajstić information content (AvgIpc) is 2.98. The van der Waals surface area contributed by atoms with E-state index in [9.17, 15) is 0 Å². The molecule has 0 bridgehead atoms. The van der Waals surface area contributed by atoms with Crippen LogP contribution in [0.1, 0.15) is 54.4 Å². The molecule has 0 amide bonds. The number of aryl methyl sites for hydroxylation is 1. The summed E-state index contributed by atoms with van der Waals surface area (Å²) in [6.07, 6.45) is 8.80. The minimum Gasteiger partial charge on any atom is -0.493 e. The molecule has 2 atom stereocenters. The molecule has 1 fully saturated rings. The maximum Gasteiger partial charge on any atom is 0.126 e. The molecule has 0 radical (unpaired) electrons. The van der Waals surface area contributed by atoms with E-state index in [2.05, 4.69) is 19.6 Å². The van der Waals surface area contributed by atoms with E-state index < -0.39 is 0 Å². The highest BCUT2D eigenvalue weighted by atomic mass is 16.5. The van der Waals surface area contributed by atoms with Crippen LogP contribution in [0.3, 0.4) is 0 Å². The van der Waals surface area contributed by atoms with Gasteiger partial charge in [0.05, 0.1) is 6.61 Å². The largest absolute Gasteiger partial charge is 0.493 e. The first-order valence-electron chi connectivity index (χ1n) is 7.93. The predicted molar refractivity (Wildman–Crippen MR) is 83.5 cm³/mol. The summed E-state index contributed by atoms with van der Waals surface area (Å²) >= 11 is 0. The topological polar surface area (TPSA) is 35.2 Å². The van der Waals surface area contributed by atoms with E-state index in [1.807, 2.05) is 6.08 Å². The Kier molecular flexibility index (Phi) is 3.84.